The third-order valence-corrected chi connectivity index (χ3v) is 3.82. The molecule has 1 aliphatic rings. The molecule has 1 aliphatic heterocycles. The number of halogens is 1. The number of nitrogens with zero attached hydrogens (tertiary/aromatic N) is 2. The van der Waals surface area contributed by atoms with Crippen LogP contribution in [0.25, 0.3) is 0 Å². The number of nitrogens with one attached hydrogen (secondary N) is 2. The van der Waals surface area contributed by atoms with Gasteiger partial charge in [-0.15, -0.1) is 24.0 Å². The number of rotatable bonds is 5. The topological polar surface area (TPSA) is 56.7 Å². The van der Waals surface area contributed by atoms with Gasteiger partial charge in [-0.1, -0.05) is 13.8 Å². The Morgan fingerprint density at radius 1 is 1.48 bits per heavy atom. The summed E-state index contributed by atoms with van der Waals surface area (Å²) in [6.07, 6.45) is 3.97. The van der Waals surface area contributed by atoms with Crippen LogP contribution in [-0.4, -0.2) is 49.5 Å². The SMILES string of the molecule is CCC(C)NC(=O)CCNC(=NC)N1CCCC(C)C1.I. The summed E-state index contributed by atoms with van der Waals surface area (Å²) in [5, 5.41) is 6.27. The minimum absolute atomic E-state index is 0. The smallest absolute Gasteiger partial charge is 0.221 e. The average Bonchev–Trinajstić information content (AvgIpc) is 2.43. The van der Waals surface area contributed by atoms with Crippen molar-refractivity contribution in [2.24, 2.45) is 10.9 Å². The van der Waals surface area contributed by atoms with Gasteiger partial charge in [-0.25, -0.2) is 0 Å². The van der Waals surface area contributed by atoms with E-state index in [0.717, 1.165) is 31.4 Å². The molecule has 0 aromatic carbocycles. The van der Waals surface area contributed by atoms with E-state index >= 15 is 0 Å². The van der Waals surface area contributed by atoms with Crippen LogP contribution in [0, 0.1) is 5.92 Å². The lowest BCUT2D eigenvalue weighted by Gasteiger charge is -2.33. The number of hydrogen-bond donors (Lipinski definition) is 2. The normalized spacial score (nSPS) is 20.5. The number of carbonyl (C=O) groups excluding carboxylic acids is 1. The van der Waals surface area contributed by atoms with Crippen LogP contribution >= 0.6 is 24.0 Å². The van der Waals surface area contributed by atoms with E-state index in [9.17, 15) is 4.79 Å². The number of hydrogen-bond acceptors (Lipinski definition) is 2. The Morgan fingerprint density at radius 2 is 2.19 bits per heavy atom. The minimum Gasteiger partial charge on any atom is -0.356 e. The van der Waals surface area contributed by atoms with E-state index in [4.69, 9.17) is 0 Å². The summed E-state index contributed by atoms with van der Waals surface area (Å²) in [4.78, 5) is 18.3. The molecule has 2 unspecified atom stereocenters. The van der Waals surface area contributed by atoms with Gasteiger partial charge >= 0.3 is 0 Å². The molecular formula is C15H31IN4O. The third kappa shape index (κ3) is 7.87. The summed E-state index contributed by atoms with van der Waals surface area (Å²) in [5.41, 5.74) is 0. The van der Waals surface area contributed by atoms with Crippen molar-refractivity contribution in [3.8, 4) is 0 Å². The molecule has 1 amide bonds. The van der Waals surface area contributed by atoms with Crippen LogP contribution in [-0.2, 0) is 4.79 Å². The zero-order valence-electron chi connectivity index (χ0n) is 13.8. The second kappa shape index (κ2) is 11.1. The summed E-state index contributed by atoms with van der Waals surface area (Å²) in [6.45, 7) is 9.13. The summed E-state index contributed by atoms with van der Waals surface area (Å²) >= 11 is 0. The van der Waals surface area contributed by atoms with E-state index < -0.39 is 0 Å². The molecular weight excluding hydrogens is 379 g/mol. The van der Waals surface area contributed by atoms with Crippen molar-refractivity contribution in [2.75, 3.05) is 26.7 Å². The molecule has 1 fully saturated rings. The first-order valence-corrected chi connectivity index (χ1v) is 7.81. The van der Waals surface area contributed by atoms with Crippen molar-refractivity contribution in [1.82, 2.24) is 15.5 Å². The molecule has 0 bridgehead atoms. The van der Waals surface area contributed by atoms with Crippen LogP contribution in [0.15, 0.2) is 4.99 Å². The molecule has 1 heterocycles. The van der Waals surface area contributed by atoms with Gasteiger partial charge in [0.2, 0.25) is 5.91 Å². The molecule has 0 saturated carbocycles. The largest absolute Gasteiger partial charge is 0.356 e. The quantitative estimate of drug-likeness (QED) is 0.415. The zero-order valence-corrected chi connectivity index (χ0v) is 16.1. The Morgan fingerprint density at radius 3 is 2.76 bits per heavy atom. The Balaban J connectivity index is 0.00000400. The van der Waals surface area contributed by atoms with Crippen LogP contribution < -0.4 is 10.6 Å². The van der Waals surface area contributed by atoms with E-state index in [1.807, 2.05) is 6.92 Å². The first-order chi connectivity index (χ1) is 9.56. The second-order valence-corrected chi connectivity index (χ2v) is 5.79. The highest BCUT2D eigenvalue weighted by Gasteiger charge is 2.19. The van der Waals surface area contributed by atoms with E-state index in [1.54, 1.807) is 7.05 Å². The standard InChI is InChI=1S/C15H30N4O.HI/c1-5-13(3)18-14(20)8-9-17-15(16-4)19-10-6-7-12(2)11-19;/h12-13H,5-11H2,1-4H3,(H,16,17)(H,18,20);1H. The van der Waals surface area contributed by atoms with Gasteiger partial charge in [0.25, 0.3) is 0 Å². The number of carbonyl (C=O) groups is 1. The molecule has 5 nitrogen and oxygen atoms in total. The van der Waals surface area contributed by atoms with Crippen LogP contribution in [0.4, 0.5) is 0 Å². The third-order valence-electron chi connectivity index (χ3n) is 3.82. The number of guanidine groups is 1. The van der Waals surface area contributed by atoms with Gasteiger partial charge < -0.3 is 15.5 Å². The van der Waals surface area contributed by atoms with Crippen molar-refractivity contribution >= 4 is 35.8 Å². The molecule has 1 rings (SSSR count). The molecule has 0 radical (unpaired) electrons. The lowest BCUT2D eigenvalue weighted by Crippen LogP contribution is -2.47. The van der Waals surface area contributed by atoms with E-state index in [-0.39, 0.29) is 35.9 Å². The monoisotopic (exact) mass is 410 g/mol. The Labute approximate surface area is 146 Å². The van der Waals surface area contributed by atoms with Crippen molar-refractivity contribution in [3.63, 3.8) is 0 Å². The van der Waals surface area contributed by atoms with Gasteiger partial charge in [-0.3, -0.25) is 9.79 Å². The predicted octanol–water partition coefficient (Wildman–Crippen LogP) is 2.22. The van der Waals surface area contributed by atoms with Gasteiger partial charge in [0, 0.05) is 39.1 Å². The summed E-state index contributed by atoms with van der Waals surface area (Å²) in [6, 6.07) is 0.254. The van der Waals surface area contributed by atoms with Gasteiger partial charge in [0.1, 0.15) is 0 Å². The molecule has 0 aromatic heterocycles. The highest BCUT2D eigenvalue weighted by Crippen LogP contribution is 2.15. The Kier molecular flexibility index (Phi) is 10.8. The molecule has 2 N–H and O–H groups in total. The molecule has 6 heteroatoms. The highest BCUT2D eigenvalue weighted by atomic mass is 127. The first kappa shape index (κ1) is 20.5. The van der Waals surface area contributed by atoms with Crippen LogP contribution in [0.5, 0.6) is 0 Å². The van der Waals surface area contributed by atoms with Crippen molar-refractivity contribution in [3.05, 3.63) is 0 Å². The zero-order chi connectivity index (χ0) is 15.0. The van der Waals surface area contributed by atoms with Crippen molar-refractivity contribution in [2.45, 2.75) is 52.5 Å². The predicted molar refractivity (Wildman–Crippen MR) is 99.3 cm³/mol. The minimum atomic E-state index is 0. The summed E-state index contributed by atoms with van der Waals surface area (Å²) < 4.78 is 0. The van der Waals surface area contributed by atoms with Gasteiger partial charge in [-0.2, -0.15) is 0 Å². The molecule has 1 saturated heterocycles. The lowest BCUT2D eigenvalue weighted by atomic mass is 10.0. The molecule has 0 aliphatic carbocycles. The second-order valence-electron chi connectivity index (χ2n) is 5.79. The number of likely N-dealkylation sites (tertiary alicyclic amines) is 1. The number of aliphatic imine (C=N–C) groups is 1. The van der Waals surface area contributed by atoms with E-state index in [1.165, 1.54) is 12.8 Å². The fourth-order valence-electron chi connectivity index (χ4n) is 2.45. The molecule has 2 atom stereocenters. The molecule has 124 valence electrons. The molecule has 21 heavy (non-hydrogen) atoms. The summed E-state index contributed by atoms with van der Waals surface area (Å²) in [5.74, 6) is 1.75. The van der Waals surface area contributed by atoms with Crippen molar-refractivity contribution < 1.29 is 4.79 Å². The fourth-order valence-corrected chi connectivity index (χ4v) is 2.45. The highest BCUT2D eigenvalue weighted by molar-refractivity contribution is 14.0. The fraction of sp³-hybridized carbons (Fsp3) is 0.867. The molecule has 0 spiro atoms. The Hall–Kier alpha value is -0.530. The van der Waals surface area contributed by atoms with E-state index in [2.05, 4.69) is 34.4 Å². The first-order valence-electron chi connectivity index (χ1n) is 7.81. The van der Waals surface area contributed by atoms with E-state index in [0.29, 0.717) is 13.0 Å². The van der Waals surface area contributed by atoms with Gasteiger partial charge in [-0.05, 0) is 32.1 Å². The van der Waals surface area contributed by atoms with Crippen LogP contribution in [0.1, 0.15) is 46.5 Å². The van der Waals surface area contributed by atoms with Crippen molar-refractivity contribution in [1.29, 1.82) is 0 Å². The van der Waals surface area contributed by atoms with Gasteiger partial charge in [0.05, 0.1) is 0 Å². The number of amides is 1. The maximum absolute atomic E-state index is 11.7. The lowest BCUT2D eigenvalue weighted by molar-refractivity contribution is -0.121. The average molecular weight is 410 g/mol. The van der Waals surface area contributed by atoms with Gasteiger partial charge in [0.15, 0.2) is 5.96 Å². The maximum Gasteiger partial charge on any atom is 0.221 e. The summed E-state index contributed by atoms with van der Waals surface area (Å²) in [7, 11) is 1.81. The Bertz CT molecular complexity index is 336. The maximum atomic E-state index is 11.7. The molecule has 0 aromatic rings. The van der Waals surface area contributed by atoms with Crippen LogP contribution in [0.3, 0.4) is 0 Å². The van der Waals surface area contributed by atoms with Crippen LogP contribution in [0.2, 0.25) is 0 Å². The number of piperidine rings is 1.